The van der Waals surface area contributed by atoms with Crippen LogP contribution in [0.1, 0.15) is 22.8 Å². The van der Waals surface area contributed by atoms with Crippen LogP contribution in [0, 0.1) is 0 Å². The van der Waals surface area contributed by atoms with Gasteiger partial charge in [-0.1, -0.05) is 6.07 Å². The Hall–Kier alpha value is -2.08. The third-order valence-corrected chi connectivity index (χ3v) is 3.79. The summed E-state index contributed by atoms with van der Waals surface area (Å²) in [6.45, 7) is 1.96. The van der Waals surface area contributed by atoms with E-state index in [1.54, 1.807) is 32.5 Å². The first-order valence-corrected chi connectivity index (χ1v) is 7.96. The first kappa shape index (κ1) is 17.3. The number of amides is 1. The van der Waals surface area contributed by atoms with Gasteiger partial charge in [0.15, 0.2) is 11.5 Å². The van der Waals surface area contributed by atoms with Gasteiger partial charge in [0.05, 0.1) is 14.2 Å². The number of hydrogen-bond donors (Lipinski definition) is 1. The fourth-order valence-corrected chi connectivity index (χ4v) is 2.63. The number of aromatic nitrogens is 1. The van der Waals surface area contributed by atoms with E-state index in [0.29, 0.717) is 28.1 Å². The van der Waals surface area contributed by atoms with E-state index in [2.05, 4.69) is 26.2 Å². The van der Waals surface area contributed by atoms with Crippen molar-refractivity contribution in [3.8, 4) is 11.5 Å². The van der Waals surface area contributed by atoms with Crippen LogP contribution in [0.3, 0.4) is 0 Å². The summed E-state index contributed by atoms with van der Waals surface area (Å²) in [5.74, 6) is 1.25. The lowest BCUT2D eigenvalue weighted by atomic mass is 10.1. The van der Waals surface area contributed by atoms with Crippen molar-refractivity contribution in [2.24, 2.45) is 0 Å². The molecular formula is C17H19BrN2O3. The number of benzene rings is 1. The van der Waals surface area contributed by atoms with Crippen molar-refractivity contribution in [1.29, 1.82) is 0 Å². The van der Waals surface area contributed by atoms with Gasteiger partial charge in [-0.15, -0.1) is 0 Å². The number of methoxy groups -OCH3 is 2. The first-order chi connectivity index (χ1) is 11.0. The standard InChI is InChI=1S/C17H19BrN2O3/c1-11(20-17(21)13-6-7-19-16(18)10-13)8-12-4-5-14(22-2)15(9-12)23-3/h4-7,9-11H,8H2,1-3H3,(H,20,21). The molecule has 1 aromatic heterocycles. The molecule has 5 nitrogen and oxygen atoms in total. The van der Waals surface area contributed by atoms with Gasteiger partial charge in [0, 0.05) is 17.8 Å². The second-order valence-electron chi connectivity index (χ2n) is 5.14. The number of ether oxygens (including phenoxy) is 2. The second kappa shape index (κ2) is 7.97. The molecule has 0 spiro atoms. The average molecular weight is 379 g/mol. The van der Waals surface area contributed by atoms with Gasteiger partial charge >= 0.3 is 0 Å². The van der Waals surface area contributed by atoms with Crippen LogP contribution in [-0.2, 0) is 6.42 Å². The first-order valence-electron chi connectivity index (χ1n) is 7.16. The highest BCUT2D eigenvalue weighted by molar-refractivity contribution is 9.10. The lowest BCUT2D eigenvalue weighted by molar-refractivity contribution is 0.0940. The van der Waals surface area contributed by atoms with Gasteiger partial charge in [0.2, 0.25) is 0 Å². The Kier molecular flexibility index (Phi) is 5.98. The Morgan fingerprint density at radius 1 is 1.22 bits per heavy atom. The van der Waals surface area contributed by atoms with Crippen molar-refractivity contribution in [2.75, 3.05) is 14.2 Å². The van der Waals surface area contributed by atoms with Crippen molar-refractivity contribution in [1.82, 2.24) is 10.3 Å². The van der Waals surface area contributed by atoms with Gasteiger partial charge in [-0.2, -0.15) is 0 Å². The number of pyridine rings is 1. The highest BCUT2D eigenvalue weighted by Gasteiger charge is 2.12. The molecule has 1 amide bonds. The number of carbonyl (C=O) groups excluding carboxylic acids is 1. The third kappa shape index (κ3) is 4.69. The topological polar surface area (TPSA) is 60.5 Å². The predicted molar refractivity (Wildman–Crippen MR) is 92.1 cm³/mol. The van der Waals surface area contributed by atoms with Gasteiger partial charge in [-0.25, -0.2) is 4.98 Å². The molecule has 6 heteroatoms. The highest BCUT2D eigenvalue weighted by atomic mass is 79.9. The van der Waals surface area contributed by atoms with E-state index in [1.807, 2.05) is 25.1 Å². The Morgan fingerprint density at radius 2 is 1.96 bits per heavy atom. The summed E-state index contributed by atoms with van der Waals surface area (Å²) in [4.78, 5) is 16.2. The van der Waals surface area contributed by atoms with E-state index < -0.39 is 0 Å². The zero-order valence-corrected chi connectivity index (χ0v) is 14.9. The lowest BCUT2D eigenvalue weighted by Crippen LogP contribution is -2.34. The molecule has 0 saturated heterocycles. The lowest BCUT2D eigenvalue weighted by Gasteiger charge is -2.15. The summed E-state index contributed by atoms with van der Waals surface area (Å²) in [5, 5.41) is 2.98. The molecule has 2 aromatic rings. The smallest absolute Gasteiger partial charge is 0.251 e. The van der Waals surface area contributed by atoms with Crippen molar-refractivity contribution in [3.05, 3.63) is 52.3 Å². The predicted octanol–water partition coefficient (Wildman–Crippen LogP) is 3.22. The Labute approximate surface area is 144 Å². The minimum atomic E-state index is -0.124. The number of halogens is 1. The number of hydrogen-bond acceptors (Lipinski definition) is 4. The maximum absolute atomic E-state index is 12.2. The van der Waals surface area contributed by atoms with Crippen LogP contribution in [0.25, 0.3) is 0 Å². The Bertz CT molecular complexity index is 691. The largest absolute Gasteiger partial charge is 0.493 e. The number of nitrogens with one attached hydrogen (secondary N) is 1. The molecule has 0 aliphatic carbocycles. The summed E-state index contributed by atoms with van der Waals surface area (Å²) in [5.41, 5.74) is 1.64. The summed E-state index contributed by atoms with van der Waals surface area (Å²) >= 11 is 3.26. The van der Waals surface area contributed by atoms with Crippen LogP contribution in [0.4, 0.5) is 0 Å². The van der Waals surface area contributed by atoms with E-state index in [1.165, 1.54) is 0 Å². The molecule has 0 saturated carbocycles. The van der Waals surface area contributed by atoms with Crippen LogP contribution < -0.4 is 14.8 Å². The van der Waals surface area contributed by atoms with Gasteiger partial charge in [0.25, 0.3) is 5.91 Å². The molecule has 1 heterocycles. The summed E-state index contributed by atoms with van der Waals surface area (Å²) in [6.07, 6.45) is 2.29. The molecule has 0 fully saturated rings. The van der Waals surface area contributed by atoms with Crippen molar-refractivity contribution in [2.45, 2.75) is 19.4 Å². The molecule has 2 rings (SSSR count). The fraction of sp³-hybridized carbons (Fsp3) is 0.294. The molecular weight excluding hydrogens is 360 g/mol. The van der Waals surface area contributed by atoms with Crippen molar-refractivity contribution < 1.29 is 14.3 Å². The molecule has 0 bridgehead atoms. The fourth-order valence-electron chi connectivity index (χ4n) is 2.26. The molecule has 0 aliphatic rings. The van der Waals surface area contributed by atoms with E-state index in [4.69, 9.17) is 9.47 Å². The minimum Gasteiger partial charge on any atom is -0.493 e. The van der Waals surface area contributed by atoms with Gasteiger partial charge in [-0.3, -0.25) is 4.79 Å². The second-order valence-corrected chi connectivity index (χ2v) is 5.95. The van der Waals surface area contributed by atoms with Gasteiger partial charge in [0.1, 0.15) is 4.60 Å². The summed E-state index contributed by atoms with van der Waals surface area (Å²) < 4.78 is 11.2. The van der Waals surface area contributed by atoms with Crippen LogP contribution in [0.2, 0.25) is 0 Å². The quantitative estimate of drug-likeness (QED) is 0.783. The molecule has 1 unspecified atom stereocenters. The van der Waals surface area contributed by atoms with Crippen LogP contribution in [-0.4, -0.2) is 31.2 Å². The molecule has 0 aliphatic heterocycles. The van der Waals surface area contributed by atoms with Crippen molar-refractivity contribution in [3.63, 3.8) is 0 Å². The van der Waals surface area contributed by atoms with E-state index in [-0.39, 0.29) is 11.9 Å². The molecule has 0 radical (unpaired) electrons. The Morgan fingerprint density at radius 3 is 2.61 bits per heavy atom. The van der Waals surface area contributed by atoms with E-state index in [9.17, 15) is 4.79 Å². The van der Waals surface area contributed by atoms with Crippen molar-refractivity contribution >= 4 is 21.8 Å². The average Bonchev–Trinajstić information content (AvgIpc) is 2.54. The highest BCUT2D eigenvalue weighted by Crippen LogP contribution is 2.28. The van der Waals surface area contributed by atoms with Crippen LogP contribution in [0.15, 0.2) is 41.1 Å². The van der Waals surface area contributed by atoms with Crippen LogP contribution >= 0.6 is 15.9 Å². The molecule has 1 N–H and O–H groups in total. The number of carbonyl (C=O) groups is 1. The molecule has 122 valence electrons. The summed E-state index contributed by atoms with van der Waals surface area (Å²) in [7, 11) is 3.21. The maximum atomic E-state index is 12.2. The summed E-state index contributed by atoms with van der Waals surface area (Å²) in [6, 6.07) is 9.11. The normalized spacial score (nSPS) is 11.7. The monoisotopic (exact) mass is 378 g/mol. The zero-order valence-electron chi connectivity index (χ0n) is 13.3. The molecule has 1 aromatic carbocycles. The van der Waals surface area contributed by atoms with E-state index >= 15 is 0 Å². The van der Waals surface area contributed by atoms with E-state index in [0.717, 1.165) is 5.56 Å². The van der Waals surface area contributed by atoms with Gasteiger partial charge in [-0.05, 0) is 59.1 Å². The maximum Gasteiger partial charge on any atom is 0.251 e. The SMILES string of the molecule is COc1ccc(CC(C)NC(=O)c2ccnc(Br)c2)cc1OC. The molecule has 23 heavy (non-hydrogen) atoms. The third-order valence-electron chi connectivity index (χ3n) is 3.36. The minimum absolute atomic E-state index is 0.0208. The molecule has 1 atom stereocenters. The number of rotatable bonds is 6. The zero-order chi connectivity index (χ0) is 16.8. The van der Waals surface area contributed by atoms with Gasteiger partial charge < -0.3 is 14.8 Å². The van der Waals surface area contributed by atoms with Crippen LogP contribution in [0.5, 0.6) is 11.5 Å². The number of nitrogens with zero attached hydrogens (tertiary/aromatic N) is 1. The Balaban J connectivity index is 2.02.